The Labute approximate surface area is 171 Å². The van der Waals surface area contributed by atoms with Crippen molar-refractivity contribution in [3.8, 4) is 17.2 Å². The average molecular weight is 443 g/mol. The molecule has 10 heteroatoms. The third-order valence-electron chi connectivity index (χ3n) is 4.53. The fourth-order valence-corrected chi connectivity index (χ4v) is 4.77. The molecule has 1 amide bonds. The van der Waals surface area contributed by atoms with Crippen LogP contribution in [0.3, 0.4) is 0 Å². The number of hydrogen-bond donors (Lipinski definition) is 1. The molecule has 1 aliphatic heterocycles. The highest BCUT2D eigenvalue weighted by Crippen LogP contribution is 2.37. The topological polar surface area (TPSA) is 81.7 Å². The second-order valence-electron chi connectivity index (χ2n) is 6.80. The van der Waals surface area contributed by atoms with Crippen LogP contribution in [-0.2, 0) is 20.8 Å². The zero-order valence-corrected chi connectivity index (χ0v) is 16.8. The Balaban J connectivity index is 1.86. The largest absolute Gasteiger partial charge is 0.494 e. The second-order valence-corrected chi connectivity index (χ2v) is 9.03. The van der Waals surface area contributed by atoms with Gasteiger partial charge in [0.1, 0.15) is 11.5 Å². The summed E-state index contributed by atoms with van der Waals surface area (Å²) in [6.07, 6.45) is -4.49. The van der Waals surface area contributed by atoms with E-state index in [2.05, 4.69) is 5.32 Å². The van der Waals surface area contributed by atoms with Gasteiger partial charge in [-0.3, -0.25) is 4.79 Å². The van der Waals surface area contributed by atoms with E-state index in [-0.39, 0.29) is 29.4 Å². The zero-order chi connectivity index (χ0) is 21.9. The average Bonchev–Trinajstić information content (AvgIpc) is 3.04. The van der Waals surface area contributed by atoms with Crippen molar-refractivity contribution in [2.45, 2.75) is 19.5 Å². The fourth-order valence-electron chi connectivity index (χ4n) is 3.03. The molecule has 2 aromatic carbocycles. The number of benzene rings is 2. The highest BCUT2D eigenvalue weighted by Gasteiger charge is 2.35. The van der Waals surface area contributed by atoms with Crippen LogP contribution in [0.4, 0.5) is 18.9 Å². The molecule has 0 radical (unpaired) electrons. The number of hydrogen-bond acceptors (Lipinski definition) is 5. The maximum atomic E-state index is 13.1. The Kier molecular flexibility index (Phi) is 6.25. The molecule has 1 aliphatic rings. The van der Waals surface area contributed by atoms with Crippen molar-refractivity contribution < 1.29 is 35.9 Å². The first-order valence-corrected chi connectivity index (χ1v) is 11.0. The van der Waals surface area contributed by atoms with E-state index in [9.17, 15) is 26.4 Å². The highest BCUT2D eigenvalue weighted by molar-refractivity contribution is 7.91. The smallest absolute Gasteiger partial charge is 0.416 e. The first-order chi connectivity index (χ1) is 14.1. The van der Waals surface area contributed by atoms with Crippen LogP contribution in [0, 0.1) is 5.92 Å². The summed E-state index contributed by atoms with van der Waals surface area (Å²) in [5, 5.41) is 2.40. The SMILES string of the molecule is CCOc1ccc(Oc2ccc(C(F)(F)F)cc2NC(=O)[C@H]2CCS(=O)(=O)C2)cc1. The van der Waals surface area contributed by atoms with Crippen molar-refractivity contribution in [1.29, 1.82) is 0 Å². The Hall–Kier alpha value is -2.75. The predicted molar refractivity (Wildman–Crippen MR) is 105 cm³/mol. The number of alkyl halides is 3. The van der Waals surface area contributed by atoms with Crippen LogP contribution >= 0.6 is 0 Å². The number of nitrogens with one attached hydrogen (secondary N) is 1. The van der Waals surface area contributed by atoms with Gasteiger partial charge in [-0.05, 0) is 55.8 Å². The minimum atomic E-state index is -4.62. The van der Waals surface area contributed by atoms with Gasteiger partial charge in [0.05, 0.1) is 35.3 Å². The summed E-state index contributed by atoms with van der Waals surface area (Å²) in [6, 6.07) is 9.18. The summed E-state index contributed by atoms with van der Waals surface area (Å²) in [5.74, 6) is -0.989. The molecule has 162 valence electrons. The molecule has 6 nitrogen and oxygen atoms in total. The first kappa shape index (κ1) is 21.9. The van der Waals surface area contributed by atoms with Crippen LogP contribution in [-0.4, -0.2) is 32.4 Å². The Bertz CT molecular complexity index is 1020. The molecule has 1 atom stereocenters. The van der Waals surface area contributed by atoms with Gasteiger partial charge in [0, 0.05) is 0 Å². The molecule has 0 spiro atoms. The van der Waals surface area contributed by atoms with Crippen LogP contribution < -0.4 is 14.8 Å². The highest BCUT2D eigenvalue weighted by atomic mass is 32.2. The van der Waals surface area contributed by atoms with Gasteiger partial charge in [-0.1, -0.05) is 0 Å². The number of anilines is 1. The Morgan fingerprint density at radius 3 is 2.37 bits per heavy atom. The third kappa shape index (κ3) is 5.44. The van der Waals surface area contributed by atoms with E-state index >= 15 is 0 Å². The van der Waals surface area contributed by atoms with Gasteiger partial charge in [0.15, 0.2) is 15.6 Å². The van der Waals surface area contributed by atoms with E-state index < -0.39 is 33.4 Å². The summed E-state index contributed by atoms with van der Waals surface area (Å²) in [7, 11) is -3.32. The van der Waals surface area contributed by atoms with E-state index in [4.69, 9.17) is 9.47 Å². The molecule has 1 heterocycles. The maximum absolute atomic E-state index is 13.1. The molecule has 1 N–H and O–H groups in total. The summed E-state index contributed by atoms with van der Waals surface area (Å²) in [5.41, 5.74) is -1.15. The Morgan fingerprint density at radius 2 is 1.80 bits per heavy atom. The van der Waals surface area contributed by atoms with Gasteiger partial charge in [0.25, 0.3) is 0 Å². The number of halogens is 3. The van der Waals surface area contributed by atoms with Crippen molar-refractivity contribution in [1.82, 2.24) is 0 Å². The van der Waals surface area contributed by atoms with Gasteiger partial charge >= 0.3 is 6.18 Å². The number of ether oxygens (including phenoxy) is 2. The minimum Gasteiger partial charge on any atom is -0.494 e. The fraction of sp³-hybridized carbons (Fsp3) is 0.350. The molecular weight excluding hydrogens is 423 g/mol. The van der Waals surface area contributed by atoms with Crippen LogP contribution in [0.2, 0.25) is 0 Å². The van der Waals surface area contributed by atoms with Crippen LogP contribution in [0.1, 0.15) is 18.9 Å². The lowest BCUT2D eigenvalue weighted by Crippen LogP contribution is -2.24. The quantitative estimate of drug-likeness (QED) is 0.721. The molecule has 1 saturated heterocycles. The summed E-state index contributed by atoms with van der Waals surface area (Å²) in [6.45, 7) is 2.31. The summed E-state index contributed by atoms with van der Waals surface area (Å²) >= 11 is 0. The molecule has 0 saturated carbocycles. The lowest BCUT2D eigenvalue weighted by Gasteiger charge is -2.17. The van der Waals surface area contributed by atoms with E-state index in [1.807, 2.05) is 6.92 Å². The van der Waals surface area contributed by atoms with E-state index in [1.165, 1.54) is 0 Å². The number of carbonyl (C=O) groups is 1. The number of sulfone groups is 1. The zero-order valence-electron chi connectivity index (χ0n) is 16.0. The summed E-state index contributed by atoms with van der Waals surface area (Å²) < 4.78 is 73.6. The molecule has 0 aromatic heterocycles. The molecule has 2 aromatic rings. The normalized spacial score (nSPS) is 18.1. The molecule has 0 bridgehead atoms. The van der Waals surface area contributed by atoms with Gasteiger partial charge in [0.2, 0.25) is 5.91 Å². The second kappa shape index (κ2) is 8.55. The Morgan fingerprint density at radius 1 is 1.13 bits per heavy atom. The molecular formula is C20H20F3NO5S. The lowest BCUT2D eigenvalue weighted by atomic mass is 10.1. The molecule has 30 heavy (non-hydrogen) atoms. The lowest BCUT2D eigenvalue weighted by molar-refractivity contribution is -0.137. The molecule has 0 unspecified atom stereocenters. The standard InChI is InChI=1S/C20H20F3NO5S/c1-2-28-15-4-6-16(7-5-15)29-18-8-3-14(20(21,22)23)11-17(18)24-19(25)13-9-10-30(26,27)12-13/h3-8,11,13H,2,9-10,12H2,1H3,(H,24,25)/t13-/m0/s1. The van der Waals surface area contributed by atoms with Crippen molar-refractivity contribution in [2.24, 2.45) is 5.92 Å². The monoisotopic (exact) mass is 443 g/mol. The van der Waals surface area contributed by atoms with Crippen LogP contribution in [0.25, 0.3) is 0 Å². The molecule has 3 rings (SSSR count). The van der Waals surface area contributed by atoms with Gasteiger partial charge in [-0.15, -0.1) is 0 Å². The van der Waals surface area contributed by atoms with Crippen LogP contribution in [0.5, 0.6) is 17.2 Å². The number of rotatable bonds is 6. The van der Waals surface area contributed by atoms with E-state index in [1.54, 1.807) is 24.3 Å². The van der Waals surface area contributed by atoms with Gasteiger partial charge < -0.3 is 14.8 Å². The van der Waals surface area contributed by atoms with Crippen molar-refractivity contribution >= 4 is 21.4 Å². The van der Waals surface area contributed by atoms with Gasteiger partial charge in [-0.2, -0.15) is 13.2 Å². The van der Waals surface area contributed by atoms with E-state index in [0.717, 1.165) is 18.2 Å². The predicted octanol–water partition coefficient (Wildman–Crippen LogP) is 4.27. The third-order valence-corrected chi connectivity index (χ3v) is 6.30. The van der Waals surface area contributed by atoms with Crippen LogP contribution in [0.15, 0.2) is 42.5 Å². The molecule has 0 aliphatic carbocycles. The van der Waals surface area contributed by atoms with Gasteiger partial charge in [-0.25, -0.2) is 8.42 Å². The van der Waals surface area contributed by atoms with Crippen molar-refractivity contribution in [3.05, 3.63) is 48.0 Å². The number of amides is 1. The van der Waals surface area contributed by atoms with Crippen molar-refractivity contribution in [2.75, 3.05) is 23.4 Å². The minimum absolute atomic E-state index is 0.00126. The van der Waals surface area contributed by atoms with E-state index in [0.29, 0.717) is 18.1 Å². The molecule has 1 fully saturated rings. The maximum Gasteiger partial charge on any atom is 0.416 e. The summed E-state index contributed by atoms with van der Waals surface area (Å²) in [4.78, 5) is 12.5. The van der Waals surface area contributed by atoms with Crippen molar-refractivity contribution in [3.63, 3.8) is 0 Å². The first-order valence-electron chi connectivity index (χ1n) is 9.20. The number of carbonyl (C=O) groups excluding carboxylic acids is 1.